The van der Waals surface area contributed by atoms with Gasteiger partial charge in [0, 0.05) is 31.5 Å². The Morgan fingerprint density at radius 3 is 2.55 bits per heavy atom. The highest BCUT2D eigenvalue weighted by Gasteiger charge is 1.98. The maximum atomic E-state index is 5.80. The minimum absolute atomic E-state index is 0.778. The molecule has 0 bridgehead atoms. The van der Waals surface area contributed by atoms with E-state index in [2.05, 4.69) is 5.32 Å². The molecule has 0 atom stereocenters. The number of para-hydroxylation sites is 1. The summed E-state index contributed by atoms with van der Waals surface area (Å²) in [5.74, 6) is 1.69. The lowest BCUT2D eigenvalue weighted by molar-refractivity contribution is 0.147. The van der Waals surface area contributed by atoms with Crippen LogP contribution in [0.5, 0.6) is 11.5 Å². The van der Waals surface area contributed by atoms with E-state index in [1.54, 1.807) is 0 Å². The average Bonchev–Trinajstić information content (AvgIpc) is 2.48. The highest BCUT2D eigenvalue weighted by molar-refractivity contribution is 5.49. The maximum Gasteiger partial charge on any atom is 0.129 e. The second-order valence-electron chi connectivity index (χ2n) is 4.42. The first-order valence-electron chi connectivity index (χ1n) is 7.03. The Morgan fingerprint density at radius 1 is 0.950 bits per heavy atom. The number of ether oxygens (including phenoxy) is 2. The summed E-state index contributed by atoms with van der Waals surface area (Å²) in [7, 11) is 0. The molecule has 2 rings (SSSR count). The normalized spacial score (nSPS) is 10.2. The van der Waals surface area contributed by atoms with Gasteiger partial charge in [-0.1, -0.05) is 24.3 Å². The largest absolute Gasteiger partial charge is 0.457 e. The van der Waals surface area contributed by atoms with Crippen molar-refractivity contribution >= 4 is 5.69 Å². The lowest BCUT2D eigenvalue weighted by Gasteiger charge is -2.09. The van der Waals surface area contributed by atoms with Crippen LogP contribution in [-0.2, 0) is 4.74 Å². The molecule has 0 saturated heterocycles. The molecule has 0 aromatic heterocycles. The minimum atomic E-state index is 0.778. The van der Waals surface area contributed by atoms with Gasteiger partial charge in [-0.05, 0) is 37.6 Å². The molecule has 3 nitrogen and oxygen atoms in total. The zero-order chi connectivity index (χ0) is 14.0. The third-order valence-corrected chi connectivity index (χ3v) is 2.81. The first-order chi connectivity index (χ1) is 9.88. The topological polar surface area (TPSA) is 30.5 Å². The number of rotatable bonds is 8. The first-order valence-corrected chi connectivity index (χ1v) is 7.03. The molecule has 3 heteroatoms. The average molecular weight is 271 g/mol. The molecule has 2 aromatic rings. The lowest BCUT2D eigenvalue weighted by Crippen LogP contribution is -2.05. The molecule has 0 aliphatic heterocycles. The van der Waals surface area contributed by atoms with E-state index in [1.807, 2.05) is 61.5 Å². The van der Waals surface area contributed by atoms with Crippen LogP contribution in [-0.4, -0.2) is 19.8 Å². The fourth-order valence-electron chi connectivity index (χ4n) is 1.85. The van der Waals surface area contributed by atoms with Crippen molar-refractivity contribution in [2.45, 2.75) is 13.3 Å². The van der Waals surface area contributed by atoms with E-state index >= 15 is 0 Å². The second kappa shape index (κ2) is 8.23. The maximum absolute atomic E-state index is 5.80. The van der Waals surface area contributed by atoms with Crippen LogP contribution in [0.1, 0.15) is 13.3 Å². The zero-order valence-corrected chi connectivity index (χ0v) is 11.8. The predicted molar refractivity (Wildman–Crippen MR) is 82.6 cm³/mol. The summed E-state index contributed by atoms with van der Waals surface area (Å²) < 4.78 is 11.1. The van der Waals surface area contributed by atoms with Crippen LogP contribution in [0.2, 0.25) is 0 Å². The van der Waals surface area contributed by atoms with E-state index in [0.717, 1.165) is 43.4 Å². The van der Waals surface area contributed by atoms with Gasteiger partial charge >= 0.3 is 0 Å². The quantitative estimate of drug-likeness (QED) is 0.725. The van der Waals surface area contributed by atoms with Gasteiger partial charge < -0.3 is 14.8 Å². The van der Waals surface area contributed by atoms with Gasteiger partial charge in [-0.2, -0.15) is 0 Å². The van der Waals surface area contributed by atoms with Gasteiger partial charge in [-0.15, -0.1) is 0 Å². The summed E-state index contributed by atoms with van der Waals surface area (Å²) in [4.78, 5) is 0. The molecule has 0 aliphatic carbocycles. The third-order valence-electron chi connectivity index (χ3n) is 2.81. The molecule has 0 heterocycles. The summed E-state index contributed by atoms with van der Waals surface area (Å²) in [6, 6.07) is 17.8. The number of benzene rings is 2. The Bertz CT molecular complexity index is 499. The molecule has 20 heavy (non-hydrogen) atoms. The van der Waals surface area contributed by atoms with E-state index in [0.29, 0.717) is 0 Å². The van der Waals surface area contributed by atoms with Crippen LogP contribution in [0.3, 0.4) is 0 Å². The van der Waals surface area contributed by atoms with Crippen LogP contribution in [0.15, 0.2) is 54.6 Å². The van der Waals surface area contributed by atoms with Crippen molar-refractivity contribution in [2.75, 3.05) is 25.1 Å². The summed E-state index contributed by atoms with van der Waals surface area (Å²) in [5.41, 5.74) is 1.06. The highest BCUT2D eigenvalue weighted by atomic mass is 16.5. The number of anilines is 1. The van der Waals surface area contributed by atoms with Gasteiger partial charge in [0.05, 0.1) is 0 Å². The number of hydrogen-bond donors (Lipinski definition) is 1. The Labute approximate surface area is 120 Å². The predicted octanol–water partition coefficient (Wildman–Crippen LogP) is 4.32. The van der Waals surface area contributed by atoms with Crippen LogP contribution in [0.25, 0.3) is 0 Å². The van der Waals surface area contributed by atoms with Crippen LogP contribution in [0, 0.1) is 0 Å². The van der Waals surface area contributed by atoms with Gasteiger partial charge in [-0.25, -0.2) is 0 Å². The van der Waals surface area contributed by atoms with Crippen molar-refractivity contribution in [3.63, 3.8) is 0 Å². The Balaban J connectivity index is 1.84. The summed E-state index contributed by atoms with van der Waals surface area (Å²) in [6.45, 7) is 4.48. The smallest absolute Gasteiger partial charge is 0.129 e. The van der Waals surface area contributed by atoms with Crippen LogP contribution < -0.4 is 10.1 Å². The Morgan fingerprint density at radius 2 is 1.75 bits per heavy atom. The van der Waals surface area contributed by atoms with E-state index in [-0.39, 0.29) is 0 Å². The molecule has 2 aromatic carbocycles. The van der Waals surface area contributed by atoms with Gasteiger partial charge in [0.15, 0.2) is 0 Å². The molecule has 0 fully saturated rings. The van der Waals surface area contributed by atoms with Crippen molar-refractivity contribution in [2.24, 2.45) is 0 Å². The minimum Gasteiger partial charge on any atom is -0.457 e. The number of hydrogen-bond acceptors (Lipinski definition) is 3. The second-order valence-corrected chi connectivity index (χ2v) is 4.42. The van der Waals surface area contributed by atoms with Gasteiger partial charge in [-0.3, -0.25) is 0 Å². The molecule has 0 saturated carbocycles. The molecule has 0 amide bonds. The zero-order valence-electron chi connectivity index (χ0n) is 11.8. The van der Waals surface area contributed by atoms with Gasteiger partial charge in [0.2, 0.25) is 0 Å². The monoisotopic (exact) mass is 271 g/mol. The van der Waals surface area contributed by atoms with Crippen molar-refractivity contribution < 1.29 is 9.47 Å². The fourth-order valence-corrected chi connectivity index (χ4v) is 1.85. The Kier molecular flexibility index (Phi) is 5.93. The summed E-state index contributed by atoms with van der Waals surface area (Å²) in [5, 5.41) is 3.37. The molecule has 0 spiro atoms. The molecule has 0 radical (unpaired) electrons. The van der Waals surface area contributed by atoms with E-state index in [4.69, 9.17) is 9.47 Å². The van der Waals surface area contributed by atoms with Crippen molar-refractivity contribution in [1.82, 2.24) is 0 Å². The molecule has 0 aliphatic rings. The standard InChI is InChI=1S/C17H21NO2/c1-2-19-13-7-12-18-15-8-6-11-17(14-15)20-16-9-4-3-5-10-16/h3-6,8-11,14,18H,2,7,12-13H2,1H3. The molecular weight excluding hydrogens is 250 g/mol. The highest BCUT2D eigenvalue weighted by Crippen LogP contribution is 2.23. The van der Waals surface area contributed by atoms with Crippen LogP contribution >= 0.6 is 0 Å². The fraction of sp³-hybridized carbons (Fsp3) is 0.294. The van der Waals surface area contributed by atoms with Gasteiger partial charge in [0.1, 0.15) is 11.5 Å². The van der Waals surface area contributed by atoms with Crippen molar-refractivity contribution in [1.29, 1.82) is 0 Å². The summed E-state index contributed by atoms with van der Waals surface area (Å²) >= 11 is 0. The van der Waals surface area contributed by atoms with E-state index < -0.39 is 0 Å². The van der Waals surface area contributed by atoms with E-state index in [9.17, 15) is 0 Å². The SMILES string of the molecule is CCOCCCNc1cccc(Oc2ccccc2)c1. The number of nitrogens with one attached hydrogen (secondary N) is 1. The van der Waals surface area contributed by atoms with Gasteiger partial charge in [0.25, 0.3) is 0 Å². The van der Waals surface area contributed by atoms with E-state index in [1.165, 1.54) is 0 Å². The molecule has 1 N–H and O–H groups in total. The lowest BCUT2D eigenvalue weighted by atomic mass is 10.3. The molecule has 106 valence electrons. The Hall–Kier alpha value is -2.00. The molecular formula is C17H21NO2. The van der Waals surface area contributed by atoms with Crippen LogP contribution in [0.4, 0.5) is 5.69 Å². The molecule has 0 unspecified atom stereocenters. The van der Waals surface area contributed by atoms with Crippen molar-refractivity contribution in [3.05, 3.63) is 54.6 Å². The third kappa shape index (κ3) is 4.94. The summed E-state index contributed by atoms with van der Waals surface area (Å²) in [6.07, 6.45) is 0.998. The van der Waals surface area contributed by atoms with Crippen molar-refractivity contribution in [3.8, 4) is 11.5 Å². The first kappa shape index (κ1) is 14.4.